The first-order chi connectivity index (χ1) is 54.4. The van der Waals surface area contributed by atoms with Gasteiger partial charge in [-0.25, -0.2) is 29.9 Å². The molecular weight excluding hydrogens is 1680 g/mol. The van der Waals surface area contributed by atoms with E-state index in [0.29, 0.717) is 35.0 Å². The Balaban J connectivity index is 0.878. The zero-order valence-corrected chi connectivity index (χ0v) is 63.7. The molecule has 44 heteroatoms. The number of aromatic nitrogens is 8. The van der Waals surface area contributed by atoms with Crippen LogP contribution in [0.25, 0.3) is 133 Å². The number of ether oxygens (including phenoxy) is 4. The summed E-state index contributed by atoms with van der Waals surface area (Å²) < 4.78 is 306. The van der Waals surface area contributed by atoms with Gasteiger partial charge in [-0.1, -0.05) is 24.3 Å². The Hall–Kier alpha value is -12.5. The lowest BCUT2D eigenvalue weighted by molar-refractivity contribution is 0.476. The van der Waals surface area contributed by atoms with Crippen molar-refractivity contribution in [1.82, 2.24) is 39.9 Å². The van der Waals surface area contributed by atoms with E-state index in [9.17, 15) is 104 Å². The molecule has 116 heavy (non-hydrogen) atoms. The minimum absolute atomic E-state index is 0.00753. The molecule has 0 atom stereocenters. The molecule has 0 fully saturated rings. The SMILES string of the molecule is O=S(=O)(O)c1cc(S(=O)(=O)O)c2cc(Oc3ccc4c(c3)-c3nc-4nc4[nH]c(nc5nc(nc6[nH]c(n3)c3ccc(Oc7ccc8cc(S(=O)(=O)O)cc(S(=O)(=O)O)c8c7)cc63)-c3ccc(Oc6ccc7cc(S(=O)(=O)O)cc(S(=O)(=O)O)c7c6)cc3-5)c3ccc(Oc5ccc6cc(S(=O)(=O)O)cc(S(=O)(=O)O)c6c5)cc43)ccc2c1. The molecule has 0 radical (unpaired) electrons. The van der Waals surface area contributed by atoms with Gasteiger partial charge in [-0.15, -0.1) is 0 Å². The van der Waals surface area contributed by atoms with Crippen molar-refractivity contribution >= 4 is 168 Å². The van der Waals surface area contributed by atoms with E-state index < -0.39 is 120 Å². The molecule has 12 aromatic carbocycles. The Morgan fingerprint density at radius 2 is 0.422 bits per heavy atom. The second-order valence-corrected chi connectivity index (χ2v) is 37.1. The third-order valence-corrected chi connectivity index (χ3v) is 25.3. The number of fused-ring (bicyclic) bond motifs is 24. The van der Waals surface area contributed by atoms with Gasteiger partial charge in [-0.05, 0) is 191 Å². The van der Waals surface area contributed by atoms with Gasteiger partial charge in [0.2, 0.25) is 0 Å². The van der Waals surface area contributed by atoms with E-state index >= 15 is 0 Å². The molecule has 2 aliphatic rings. The number of H-pyrrole nitrogens is 2. The van der Waals surface area contributed by atoms with Crippen LogP contribution in [0.2, 0.25) is 0 Å². The Kier molecular flexibility index (Phi) is 17.4. The predicted octanol–water partition coefficient (Wildman–Crippen LogP) is 12.6. The fraction of sp³-hybridized carbons (Fsp3) is 0. The maximum atomic E-state index is 12.8. The van der Waals surface area contributed by atoms with Gasteiger partial charge in [0.1, 0.15) is 88.2 Å². The van der Waals surface area contributed by atoms with E-state index in [4.69, 9.17) is 48.9 Å². The van der Waals surface area contributed by atoms with Gasteiger partial charge in [-0.3, -0.25) is 36.4 Å². The lowest BCUT2D eigenvalue weighted by atomic mass is 10.1. The summed E-state index contributed by atoms with van der Waals surface area (Å²) in [5.74, 6) is -0.352. The molecule has 15 aromatic rings. The molecule has 5 heterocycles. The first-order valence-electron chi connectivity index (χ1n) is 32.6. The van der Waals surface area contributed by atoms with Crippen LogP contribution in [-0.4, -0.2) is 144 Å². The van der Waals surface area contributed by atoms with E-state index in [0.717, 1.165) is 24.3 Å². The first kappa shape index (κ1) is 76.2. The zero-order chi connectivity index (χ0) is 82.2. The quantitative estimate of drug-likeness (QED) is 0.0402. The van der Waals surface area contributed by atoms with Crippen LogP contribution in [0.5, 0.6) is 46.0 Å². The Bertz CT molecular complexity index is 7760. The maximum absolute atomic E-state index is 12.8. The highest BCUT2D eigenvalue weighted by atomic mass is 32.2. The minimum atomic E-state index is -5.17. The summed E-state index contributed by atoms with van der Waals surface area (Å²) >= 11 is 0. The van der Waals surface area contributed by atoms with Gasteiger partial charge in [0.05, 0.1) is 19.6 Å². The number of benzene rings is 12. The van der Waals surface area contributed by atoms with Crippen molar-refractivity contribution in [1.29, 1.82) is 0 Å². The summed E-state index contributed by atoms with van der Waals surface area (Å²) in [6, 6.07) is 39.5. The van der Waals surface area contributed by atoms with Crippen molar-refractivity contribution in [3.05, 3.63) is 194 Å². The van der Waals surface area contributed by atoms with E-state index in [1.165, 1.54) is 121 Å². The number of aromatic amines is 2. The van der Waals surface area contributed by atoms with Crippen LogP contribution in [0.1, 0.15) is 0 Å². The van der Waals surface area contributed by atoms with Crippen molar-refractivity contribution in [3.63, 3.8) is 0 Å². The lowest BCUT2D eigenvalue weighted by Crippen LogP contribution is -2.04. The minimum Gasteiger partial charge on any atom is -0.457 e. The van der Waals surface area contributed by atoms with E-state index in [2.05, 4.69) is 9.97 Å². The molecular formula is C72H42N8O28S8. The van der Waals surface area contributed by atoms with Gasteiger partial charge >= 0.3 is 0 Å². The van der Waals surface area contributed by atoms with Crippen LogP contribution >= 0.6 is 0 Å². The van der Waals surface area contributed by atoms with Crippen molar-refractivity contribution in [3.8, 4) is 91.5 Å². The van der Waals surface area contributed by atoms with Crippen molar-refractivity contribution in [2.24, 2.45) is 0 Å². The number of rotatable bonds is 16. The third kappa shape index (κ3) is 14.3. The van der Waals surface area contributed by atoms with E-state index in [-0.39, 0.29) is 168 Å². The van der Waals surface area contributed by atoms with Crippen LogP contribution in [0.15, 0.2) is 233 Å². The summed E-state index contributed by atoms with van der Waals surface area (Å²) in [5.41, 5.74) is 1.04. The Morgan fingerprint density at radius 3 is 0.672 bits per heavy atom. The second-order valence-electron chi connectivity index (χ2n) is 25.9. The predicted molar refractivity (Wildman–Crippen MR) is 411 cm³/mol. The third-order valence-electron chi connectivity index (χ3n) is 18.4. The second kappa shape index (κ2) is 26.5. The van der Waals surface area contributed by atoms with E-state index in [1.54, 1.807) is 24.3 Å². The van der Waals surface area contributed by atoms with Crippen molar-refractivity contribution in [2.75, 3.05) is 0 Å². The summed E-state index contributed by atoms with van der Waals surface area (Å²) in [6.45, 7) is 0. The Labute approximate surface area is 651 Å². The molecule has 36 nitrogen and oxygen atoms in total. The molecule has 0 unspecified atom stereocenters. The van der Waals surface area contributed by atoms with E-state index in [1.807, 2.05) is 0 Å². The fourth-order valence-electron chi connectivity index (χ4n) is 13.3. The van der Waals surface area contributed by atoms with Crippen LogP contribution in [0.3, 0.4) is 0 Å². The highest BCUT2D eigenvalue weighted by Crippen LogP contribution is 2.45. The van der Waals surface area contributed by atoms with Crippen LogP contribution in [0.4, 0.5) is 0 Å². The lowest BCUT2D eigenvalue weighted by Gasteiger charge is -2.11. The van der Waals surface area contributed by atoms with Gasteiger partial charge in [0.15, 0.2) is 23.3 Å². The van der Waals surface area contributed by atoms with Gasteiger partial charge in [0, 0.05) is 65.3 Å². The van der Waals surface area contributed by atoms with Crippen LogP contribution in [0, 0.1) is 0 Å². The maximum Gasteiger partial charge on any atom is 0.295 e. The average molecular weight is 1720 g/mol. The van der Waals surface area contributed by atoms with Crippen molar-refractivity contribution < 1.29 is 123 Å². The smallest absolute Gasteiger partial charge is 0.295 e. The normalized spacial score (nSPS) is 13.0. The summed E-state index contributed by atoms with van der Waals surface area (Å²) in [4.78, 5) is 29.9. The van der Waals surface area contributed by atoms with Crippen LogP contribution in [-0.2, 0) is 80.9 Å². The summed E-state index contributed by atoms with van der Waals surface area (Å²) in [6.07, 6.45) is 0. The molecule has 10 N–H and O–H groups in total. The fourth-order valence-corrected chi connectivity index (χ4v) is 18.7. The molecule has 0 saturated carbocycles. The highest BCUT2D eigenvalue weighted by molar-refractivity contribution is 7.88. The summed E-state index contributed by atoms with van der Waals surface area (Å²) in [5, 5.41) is -0.00742. The van der Waals surface area contributed by atoms with Gasteiger partial charge in [0.25, 0.3) is 80.9 Å². The average Bonchev–Trinajstić information content (AvgIpc) is 1.56. The standard InChI is InChI=1S/C72H42N8O28S8/c81-109(82,83)45-17-33-1-5-37(21-53(33)61(29-45)113(93,94)95)105-41-9-13-49-57(25-41)69-73-65(49)78-70-59-27-43(107-39-7-3-35-19-47(111(87,88)89)31-63(55(35)23-39)115(99,100)101)11-15-51(59)67(75-70)80-72-60-28-44(108-40-8-4-36-20-48(112(90,91)92)32-64(56(36)24-40)116(102,103)104)12-16-52(60)68(76-72)79-71-58-26-42(10-14-50(58)66(74-71)77-69)106-38-6-2-34-18-46(110(84,85)86)30-62(54(34)22-38)114(96,97)98/h1-32H,(H,81,82,83)(H,84,85,86)(H,87,88,89)(H,90,91,92)(H,93,94,95)(H,96,97,98)(H,99,100,101)(H,102,103,104)(H2,73,74,75,76,77,78,79,80). The molecule has 0 spiro atoms. The zero-order valence-electron chi connectivity index (χ0n) is 57.2. The van der Waals surface area contributed by atoms with Crippen molar-refractivity contribution in [2.45, 2.75) is 39.2 Å². The summed E-state index contributed by atoms with van der Waals surface area (Å²) in [7, 11) is -40.6. The monoisotopic (exact) mass is 1720 g/mol. The number of nitrogens with zero attached hydrogens (tertiary/aromatic N) is 6. The topological polar surface area (TPSA) is 581 Å². The molecule has 586 valence electrons. The Morgan fingerprint density at radius 1 is 0.207 bits per heavy atom. The number of hydrogen-bond acceptors (Lipinski definition) is 26. The van der Waals surface area contributed by atoms with Crippen LogP contribution < -0.4 is 18.9 Å². The molecule has 2 aliphatic heterocycles. The molecule has 0 amide bonds. The largest absolute Gasteiger partial charge is 0.457 e. The van der Waals surface area contributed by atoms with Gasteiger partial charge < -0.3 is 28.9 Å². The number of nitrogens with one attached hydrogen (secondary N) is 2. The first-order valence-corrected chi connectivity index (χ1v) is 44.1. The molecule has 0 aliphatic carbocycles. The highest BCUT2D eigenvalue weighted by Gasteiger charge is 2.30. The molecule has 8 bridgehead atoms. The van der Waals surface area contributed by atoms with Gasteiger partial charge in [-0.2, -0.15) is 67.3 Å². The molecule has 17 rings (SSSR count). The molecule has 0 saturated heterocycles. The number of hydrogen-bond donors (Lipinski definition) is 10. The molecule has 3 aromatic heterocycles.